The van der Waals surface area contributed by atoms with E-state index in [4.69, 9.17) is 9.84 Å². The average Bonchev–Trinajstić information content (AvgIpc) is 3.24. The minimum atomic E-state index is -0.650. The fraction of sp³-hybridized carbons (Fsp3) is 0.882. The van der Waals surface area contributed by atoms with Crippen LogP contribution in [0.5, 0.6) is 0 Å². The molecular weight excluding hydrogens is 907 g/mol. The third-order valence-electron chi connectivity index (χ3n) is 8.68. The predicted octanol–water partition coefficient (Wildman–Crippen LogP) is 7.05. The van der Waals surface area contributed by atoms with E-state index in [2.05, 4.69) is 134 Å². The normalized spacial score (nSPS) is 10.3. The highest BCUT2D eigenvalue weighted by molar-refractivity contribution is 5.76. The molecular formula is C51H111N5O14. The summed E-state index contributed by atoms with van der Waals surface area (Å²) in [5.41, 5.74) is 0. The molecule has 2 N–H and O–H groups in total. The molecule has 0 bridgehead atoms. The Bertz CT molecular complexity index is 1130. The van der Waals surface area contributed by atoms with Gasteiger partial charge >= 0.3 is 35.8 Å². The monoisotopic (exact) mass is 1020 g/mol. The molecule has 0 saturated carbocycles. The van der Waals surface area contributed by atoms with Gasteiger partial charge in [-0.25, -0.2) is 0 Å². The molecule has 0 saturated heterocycles. The molecule has 0 amide bonds. The van der Waals surface area contributed by atoms with Gasteiger partial charge in [0.1, 0.15) is 0 Å². The van der Waals surface area contributed by atoms with E-state index in [9.17, 15) is 28.8 Å². The summed E-state index contributed by atoms with van der Waals surface area (Å²) < 4.78 is 32.4. The number of esters is 6. The van der Waals surface area contributed by atoms with Gasteiger partial charge in [-0.1, -0.05) is 54.9 Å². The van der Waals surface area contributed by atoms with E-state index in [-0.39, 0.29) is 56.3 Å². The van der Waals surface area contributed by atoms with Crippen molar-refractivity contribution in [3.8, 4) is 0 Å². The fourth-order valence-corrected chi connectivity index (χ4v) is 3.37. The zero-order chi connectivity index (χ0) is 57.1. The zero-order valence-electron chi connectivity index (χ0n) is 49.7. The Hall–Kier alpha value is -3.46. The van der Waals surface area contributed by atoms with Crippen molar-refractivity contribution in [3.63, 3.8) is 0 Å². The van der Waals surface area contributed by atoms with Gasteiger partial charge in [0.15, 0.2) is 0 Å². The highest BCUT2D eigenvalue weighted by Gasteiger charge is 2.20. The maximum atomic E-state index is 11.5. The van der Waals surface area contributed by atoms with Gasteiger partial charge in [-0.05, 0) is 130 Å². The number of methoxy groups -OCH3 is 2. The molecule has 424 valence electrons. The summed E-state index contributed by atoms with van der Waals surface area (Å²) in [6.45, 7) is 45.4. The standard InChI is InChI=1S/C13H21NO8.C9H17NO4.C7H17N.C5H13N.C5H12O.C5H12.C4H11N.C3H8O/c1-9(2)14(5-12(17)21-7-19-10(3)15)6-13(18)22-8-20-11(4)16;1-7(2)10(5-8(11)13-3)6-9(12)14-4;1-5-8(6-2)7(3)4;1-5(2)6(3)4;1-4-6-5(2)3;1-4-5(2)3;1-4(2)5-3;1-3(2)4/h9H,5-8H2,1-4H3;7H,5-6H2,1-4H3;7H,5-6H2,1-4H3;5H,1-4H3;5H,4H2,1-3H3;5H,4H2,1-3H3;4-5H,1-3H3;3-4H,1-2H3. The first-order valence-corrected chi connectivity index (χ1v) is 24.7. The minimum Gasteiger partial charge on any atom is -0.468 e. The first-order chi connectivity index (χ1) is 32.1. The van der Waals surface area contributed by atoms with Crippen molar-refractivity contribution >= 4 is 35.8 Å². The Labute approximate surface area is 428 Å². The number of nitrogens with one attached hydrogen (secondary N) is 1. The molecule has 19 nitrogen and oxygen atoms in total. The van der Waals surface area contributed by atoms with Gasteiger partial charge in [0.05, 0.1) is 46.5 Å². The van der Waals surface area contributed by atoms with E-state index in [0.29, 0.717) is 24.2 Å². The summed E-state index contributed by atoms with van der Waals surface area (Å²) in [7, 11) is 8.73. The Kier molecular flexibility index (Phi) is 69.2. The number of nitrogens with zero attached hydrogens (tertiary/aromatic N) is 4. The lowest BCUT2D eigenvalue weighted by Crippen LogP contribution is -2.41. The second-order valence-electron chi connectivity index (χ2n) is 17.9. The molecule has 0 aromatic heterocycles. The van der Waals surface area contributed by atoms with Crippen molar-refractivity contribution < 1.29 is 67.0 Å². The van der Waals surface area contributed by atoms with E-state index in [1.54, 1.807) is 32.6 Å². The molecule has 0 spiro atoms. The lowest BCUT2D eigenvalue weighted by molar-refractivity contribution is -0.168. The van der Waals surface area contributed by atoms with E-state index < -0.39 is 37.5 Å². The van der Waals surface area contributed by atoms with Gasteiger partial charge in [-0.15, -0.1) is 0 Å². The molecule has 0 aromatic rings. The summed E-state index contributed by atoms with van der Waals surface area (Å²) in [5, 5.41) is 11.1. The van der Waals surface area contributed by atoms with Gasteiger partial charge < -0.3 is 53.4 Å². The molecule has 0 unspecified atom stereocenters. The van der Waals surface area contributed by atoms with Crippen LogP contribution in [0, 0.1) is 5.92 Å². The van der Waals surface area contributed by atoms with E-state index in [1.165, 1.54) is 52.5 Å². The van der Waals surface area contributed by atoms with Crippen LogP contribution in [0.25, 0.3) is 0 Å². The third-order valence-corrected chi connectivity index (χ3v) is 8.68. The van der Waals surface area contributed by atoms with Crippen LogP contribution in [0.15, 0.2) is 0 Å². The number of ether oxygens (including phenoxy) is 7. The van der Waals surface area contributed by atoms with Crippen LogP contribution in [0.4, 0.5) is 0 Å². The molecule has 0 heterocycles. The zero-order valence-corrected chi connectivity index (χ0v) is 49.7. The molecule has 70 heavy (non-hydrogen) atoms. The fourth-order valence-electron chi connectivity index (χ4n) is 3.37. The predicted molar refractivity (Wildman–Crippen MR) is 283 cm³/mol. The first-order valence-electron chi connectivity index (χ1n) is 24.7. The van der Waals surface area contributed by atoms with Crippen molar-refractivity contribution in [3.05, 3.63) is 0 Å². The molecule has 0 aliphatic heterocycles. The highest BCUT2D eigenvalue weighted by Crippen LogP contribution is 2.01. The van der Waals surface area contributed by atoms with Crippen molar-refractivity contribution in [2.24, 2.45) is 5.92 Å². The second-order valence-corrected chi connectivity index (χ2v) is 17.9. The summed E-state index contributed by atoms with van der Waals surface area (Å²) >= 11 is 0. The van der Waals surface area contributed by atoms with Gasteiger partial charge in [0.25, 0.3) is 0 Å². The smallest absolute Gasteiger partial charge is 0.323 e. The summed E-state index contributed by atoms with van der Waals surface area (Å²) in [6, 6.07) is 1.99. The number of rotatable bonds is 22. The van der Waals surface area contributed by atoms with E-state index in [1.807, 2.05) is 41.7 Å². The molecule has 0 fully saturated rings. The highest BCUT2D eigenvalue weighted by atomic mass is 16.7. The van der Waals surface area contributed by atoms with Crippen LogP contribution in [0.3, 0.4) is 0 Å². The lowest BCUT2D eigenvalue weighted by Gasteiger charge is -2.24. The quantitative estimate of drug-likeness (QED) is 0.0632. The van der Waals surface area contributed by atoms with E-state index >= 15 is 0 Å². The first kappa shape index (κ1) is 83.4. The number of aliphatic hydroxyl groups excluding tert-OH is 1. The number of carbonyl (C=O) groups is 6. The second kappa shape index (κ2) is 58.1. The third kappa shape index (κ3) is 84.5. The molecule has 0 atom stereocenters. The van der Waals surface area contributed by atoms with Crippen LogP contribution in [-0.2, 0) is 61.9 Å². The minimum absolute atomic E-state index is 0.0909. The number of hydrogen-bond acceptors (Lipinski definition) is 19. The lowest BCUT2D eigenvalue weighted by atomic mass is 10.2. The van der Waals surface area contributed by atoms with Crippen LogP contribution in [0.2, 0.25) is 0 Å². The van der Waals surface area contributed by atoms with Crippen LogP contribution < -0.4 is 5.32 Å². The van der Waals surface area contributed by atoms with Crippen LogP contribution >= 0.6 is 0 Å². The summed E-state index contributed by atoms with van der Waals surface area (Å²) in [6.07, 6.45) is 1.54. The Balaban J connectivity index is -0.000000114. The van der Waals surface area contributed by atoms with Crippen molar-refractivity contribution in [1.29, 1.82) is 0 Å². The number of aliphatic hydroxyl groups is 1. The average molecular weight is 1020 g/mol. The maximum absolute atomic E-state index is 11.5. The molecule has 19 heteroatoms. The van der Waals surface area contributed by atoms with Crippen LogP contribution in [0.1, 0.15) is 159 Å². The van der Waals surface area contributed by atoms with Gasteiger partial charge in [-0.3, -0.25) is 38.6 Å². The molecule has 0 radical (unpaired) electrons. The van der Waals surface area contributed by atoms with E-state index in [0.717, 1.165) is 12.5 Å². The number of carbonyl (C=O) groups excluding carboxylic acids is 6. The van der Waals surface area contributed by atoms with Crippen LogP contribution in [-0.4, -0.2) is 198 Å². The SMILES string of the molecule is CC(=O)OCOC(=O)CN(CC(=O)OCOC(C)=O)C(C)C.CC(C)N(C)C.CC(C)O.CCC(C)C.CCN(CC)C(C)C.CCOC(C)C.CNC(C)C.COC(=O)CN(CC(=O)OC)C(C)C. The summed E-state index contributed by atoms with van der Waals surface area (Å²) in [4.78, 5) is 73.9. The molecule has 0 aromatic carbocycles. The Morgan fingerprint density at radius 2 is 0.757 bits per heavy atom. The molecule has 0 aliphatic carbocycles. The van der Waals surface area contributed by atoms with Gasteiger partial charge in [0.2, 0.25) is 13.6 Å². The molecule has 0 aliphatic rings. The topological polar surface area (TPSA) is 212 Å². The maximum Gasteiger partial charge on any atom is 0.323 e. The summed E-state index contributed by atoms with van der Waals surface area (Å²) in [5.74, 6) is -2.27. The Morgan fingerprint density at radius 3 is 0.871 bits per heavy atom. The number of hydrogen-bond donors (Lipinski definition) is 2. The van der Waals surface area contributed by atoms with Crippen molar-refractivity contribution in [2.45, 2.75) is 201 Å². The largest absolute Gasteiger partial charge is 0.468 e. The molecule has 0 rings (SSSR count). The van der Waals surface area contributed by atoms with Gasteiger partial charge in [-0.2, -0.15) is 0 Å². The van der Waals surface area contributed by atoms with Crippen molar-refractivity contribution in [2.75, 3.05) is 94.8 Å². The van der Waals surface area contributed by atoms with Gasteiger partial charge in [0, 0.05) is 56.8 Å². The Morgan fingerprint density at radius 1 is 0.500 bits per heavy atom. The van der Waals surface area contributed by atoms with Crippen molar-refractivity contribution in [1.82, 2.24) is 24.9 Å².